The summed E-state index contributed by atoms with van der Waals surface area (Å²) in [5.41, 5.74) is 2.09. The number of rotatable bonds is 7. The first kappa shape index (κ1) is 18.8. The lowest BCUT2D eigenvalue weighted by atomic mass is 10.1. The molecule has 0 bridgehead atoms. The standard InChI is InChI=1S/C18H20BrClN2O2/c1-12(14-5-8-17(24-2)16(19)9-14)21-11-18(23)22-10-13-3-6-15(20)7-4-13/h3-9,12,21H,10-11H2,1-2H3,(H,22,23)/t12-/m1/s1. The van der Waals surface area contributed by atoms with E-state index >= 15 is 0 Å². The number of hydrogen-bond donors (Lipinski definition) is 2. The van der Waals surface area contributed by atoms with Crippen molar-refractivity contribution in [1.82, 2.24) is 10.6 Å². The third kappa shape index (κ3) is 5.51. The van der Waals surface area contributed by atoms with Gasteiger partial charge in [-0.05, 0) is 58.2 Å². The highest BCUT2D eigenvalue weighted by Crippen LogP contribution is 2.27. The minimum atomic E-state index is -0.0515. The van der Waals surface area contributed by atoms with E-state index in [-0.39, 0.29) is 18.5 Å². The molecule has 0 saturated carbocycles. The van der Waals surface area contributed by atoms with Crippen LogP contribution in [0.2, 0.25) is 5.02 Å². The highest BCUT2D eigenvalue weighted by atomic mass is 79.9. The number of benzene rings is 2. The fourth-order valence-electron chi connectivity index (χ4n) is 2.18. The van der Waals surface area contributed by atoms with Crippen LogP contribution in [0.3, 0.4) is 0 Å². The van der Waals surface area contributed by atoms with Crippen molar-refractivity contribution in [2.24, 2.45) is 0 Å². The third-order valence-electron chi connectivity index (χ3n) is 3.65. The van der Waals surface area contributed by atoms with E-state index in [1.807, 2.05) is 49.4 Å². The van der Waals surface area contributed by atoms with Crippen LogP contribution in [-0.2, 0) is 11.3 Å². The summed E-state index contributed by atoms with van der Waals surface area (Å²) in [5.74, 6) is 0.732. The van der Waals surface area contributed by atoms with Crippen molar-refractivity contribution >= 4 is 33.4 Å². The van der Waals surface area contributed by atoms with Crippen molar-refractivity contribution in [1.29, 1.82) is 0 Å². The van der Waals surface area contributed by atoms with Crippen LogP contribution >= 0.6 is 27.5 Å². The van der Waals surface area contributed by atoms with Crippen molar-refractivity contribution < 1.29 is 9.53 Å². The van der Waals surface area contributed by atoms with Gasteiger partial charge in [0.2, 0.25) is 5.91 Å². The molecule has 0 saturated heterocycles. The molecule has 0 unspecified atom stereocenters. The lowest BCUT2D eigenvalue weighted by Gasteiger charge is -2.15. The number of halogens is 2. The van der Waals surface area contributed by atoms with Gasteiger partial charge in [-0.1, -0.05) is 29.8 Å². The molecular formula is C18H20BrClN2O2. The molecule has 2 N–H and O–H groups in total. The molecule has 0 aliphatic rings. The van der Waals surface area contributed by atoms with E-state index in [9.17, 15) is 4.79 Å². The Morgan fingerprint density at radius 1 is 1.25 bits per heavy atom. The highest BCUT2D eigenvalue weighted by Gasteiger charge is 2.10. The van der Waals surface area contributed by atoms with Crippen LogP contribution in [-0.4, -0.2) is 19.6 Å². The zero-order valence-corrected chi connectivity index (χ0v) is 15.9. The molecule has 4 nitrogen and oxygen atoms in total. The molecule has 24 heavy (non-hydrogen) atoms. The van der Waals surface area contributed by atoms with Crippen LogP contribution in [0, 0.1) is 0 Å². The molecule has 0 aromatic heterocycles. The lowest BCUT2D eigenvalue weighted by molar-refractivity contribution is -0.120. The highest BCUT2D eigenvalue weighted by molar-refractivity contribution is 9.10. The summed E-state index contributed by atoms with van der Waals surface area (Å²) in [6, 6.07) is 13.3. The van der Waals surface area contributed by atoms with Gasteiger partial charge in [-0.15, -0.1) is 0 Å². The van der Waals surface area contributed by atoms with E-state index in [0.29, 0.717) is 11.6 Å². The number of methoxy groups -OCH3 is 1. The maximum atomic E-state index is 12.0. The smallest absolute Gasteiger partial charge is 0.234 e. The van der Waals surface area contributed by atoms with Gasteiger partial charge in [0.1, 0.15) is 5.75 Å². The molecular weight excluding hydrogens is 392 g/mol. The van der Waals surface area contributed by atoms with Crippen molar-refractivity contribution in [2.45, 2.75) is 19.5 Å². The quantitative estimate of drug-likeness (QED) is 0.722. The maximum absolute atomic E-state index is 12.0. The van der Waals surface area contributed by atoms with E-state index in [2.05, 4.69) is 26.6 Å². The van der Waals surface area contributed by atoms with Gasteiger partial charge < -0.3 is 15.4 Å². The number of carbonyl (C=O) groups is 1. The van der Waals surface area contributed by atoms with Gasteiger partial charge in [-0.25, -0.2) is 0 Å². The van der Waals surface area contributed by atoms with Crippen molar-refractivity contribution in [3.63, 3.8) is 0 Å². The zero-order valence-electron chi connectivity index (χ0n) is 13.6. The Labute approximate surface area is 155 Å². The van der Waals surface area contributed by atoms with E-state index in [1.54, 1.807) is 7.11 Å². The largest absolute Gasteiger partial charge is 0.496 e. The molecule has 0 aliphatic carbocycles. The van der Waals surface area contributed by atoms with Crippen molar-refractivity contribution in [3.8, 4) is 5.75 Å². The van der Waals surface area contributed by atoms with Gasteiger partial charge in [-0.3, -0.25) is 4.79 Å². The average Bonchev–Trinajstić information content (AvgIpc) is 2.59. The molecule has 0 heterocycles. The molecule has 2 aromatic carbocycles. The average molecular weight is 412 g/mol. The number of hydrogen-bond acceptors (Lipinski definition) is 3. The molecule has 1 atom stereocenters. The van der Waals surface area contributed by atoms with E-state index < -0.39 is 0 Å². The lowest BCUT2D eigenvalue weighted by Crippen LogP contribution is -2.34. The molecule has 2 aromatic rings. The van der Waals surface area contributed by atoms with E-state index in [1.165, 1.54) is 0 Å². The predicted molar refractivity (Wildman–Crippen MR) is 100 cm³/mol. The Morgan fingerprint density at radius 3 is 2.58 bits per heavy atom. The molecule has 128 valence electrons. The van der Waals surface area contributed by atoms with Crippen LogP contribution in [0.5, 0.6) is 5.75 Å². The molecule has 6 heteroatoms. The topological polar surface area (TPSA) is 50.4 Å². The van der Waals surface area contributed by atoms with Crippen LogP contribution < -0.4 is 15.4 Å². The minimum Gasteiger partial charge on any atom is -0.496 e. The van der Waals surface area contributed by atoms with E-state index in [0.717, 1.165) is 21.3 Å². The van der Waals surface area contributed by atoms with Crippen LogP contribution in [0.4, 0.5) is 0 Å². The fraction of sp³-hybridized carbons (Fsp3) is 0.278. The monoisotopic (exact) mass is 410 g/mol. The first-order valence-corrected chi connectivity index (χ1v) is 8.74. The predicted octanol–water partition coefficient (Wildman–Crippen LogP) is 4.08. The van der Waals surface area contributed by atoms with Crippen LogP contribution in [0.1, 0.15) is 24.1 Å². The summed E-state index contributed by atoms with van der Waals surface area (Å²) >= 11 is 9.31. The van der Waals surface area contributed by atoms with Gasteiger partial charge >= 0.3 is 0 Å². The number of nitrogens with one attached hydrogen (secondary N) is 2. The molecule has 2 rings (SSSR count). The second-order valence-electron chi connectivity index (χ2n) is 5.40. The maximum Gasteiger partial charge on any atom is 0.234 e. The fourth-order valence-corrected chi connectivity index (χ4v) is 2.87. The second-order valence-corrected chi connectivity index (χ2v) is 6.69. The minimum absolute atomic E-state index is 0.0495. The summed E-state index contributed by atoms with van der Waals surface area (Å²) in [6.07, 6.45) is 0. The number of carbonyl (C=O) groups excluding carboxylic acids is 1. The number of amides is 1. The first-order chi connectivity index (χ1) is 11.5. The molecule has 0 spiro atoms. The molecule has 1 amide bonds. The Morgan fingerprint density at radius 2 is 1.96 bits per heavy atom. The third-order valence-corrected chi connectivity index (χ3v) is 4.52. The normalized spacial score (nSPS) is 11.8. The Bertz CT molecular complexity index is 692. The molecule has 0 fully saturated rings. The summed E-state index contributed by atoms with van der Waals surface area (Å²) in [5, 5.41) is 6.78. The first-order valence-electron chi connectivity index (χ1n) is 7.57. The SMILES string of the molecule is COc1ccc([C@@H](C)NCC(=O)NCc2ccc(Cl)cc2)cc1Br. The molecule has 0 radical (unpaired) electrons. The van der Waals surface area contributed by atoms with Gasteiger partial charge in [-0.2, -0.15) is 0 Å². The van der Waals surface area contributed by atoms with Crippen molar-refractivity contribution in [2.75, 3.05) is 13.7 Å². The number of ether oxygens (including phenoxy) is 1. The summed E-state index contributed by atoms with van der Waals surface area (Å²) in [4.78, 5) is 12.0. The Kier molecular flexibility index (Phi) is 7.09. The van der Waals surface area contributed by atoms with Gasteiger partial charge in [0, 0.05) is 17.6 Å². The second kappa shape index (κ2) is 9.06. The summed E-state index contributed by atoms with van der Waals surface area (Å²) < 4.78 is 6.11. The van der Waals surface area contributed by atoms with Crippen molar-refractivity contribution in [3.05, 3.63) is 63.1 Å². The van der Waals surface area contributed by atoms with Gasteiger partial charge in [0.05, 0.1) is 18.1 Å². The van der Waals surface area contributed by atoms with Crippen LogP contribution in [0.25, 0.3) is 0 Å². The summed E-state index contributed by atoms with van der Waals surface area (Å²) in [7, 11) is 1.63. The molecule has 0 aliphatic heterocycles. The Hall–Kier alpha value is -1.56. The van der Waals surface area contributed by atoms with E-state index in [4.69, 9.17) is 16.3 Å². The zero-order chi connectivity index (χ0) is 17.5. The van der Waals surface area contributed by atoms with Crippen LogP contribution in [0.15, 0.2) is 46.9 Å². The summed E-state index contributed by atoms with van der Waals surface area (Å²) in [6.45, 7) is 2.75. The van der Waals surface area contributed by atoms with Gasteiger partial charge in [0.25, 0.3) is 0 Å². The van der Waals surface area contributed by atoms with Gasteiger partial charge in [0.15, 0.2) is 0 Å². The Balaban J connectivity index is 1.80.